The molecular formula is C16H17N5O2S. The summed E-state index contributed by atoms with van der Waals surface area (Å²) in [5.41, 5.74) is 6.65. The van der Waals surface area contributed by atoms with Crippen LogP contribution in [0.4, 0.5) is 5.82 Å². The number of nitrogens with zero attached hydrogens (tertiary/aromatic N) is 4. The van der Waals surface area contributed by atoms with E-state index < -0.39 is 5.91 Å². The highest BCUT2D eigenvalue weighted by molar-refractivity contribution is 7.25. The molecule has 4 rings (SSSR count). The number of pyridine rings is 1. The first-order valence-electron chi connectivity index (χ1n) is 7.87. The number of hydrogen-bond donors (Lipinski definition) is 1. The van der Waals surface area contributed by atoms with Crippen molar-refractivity contribution in [1.29, 1.82) is 0 Å². The fraction of sp³-hybridized carbons (Fsp3) is 0.375. The predicted octanol–water partition coefficient (Wildman–Crippen LogP) is 1.40. The number of thiophene rings is 1. The maximum absolute atomic E-state index is 12.6. The molecule has 0 aromatic carbocycles. The Balaban J connectivity index is 1.93. The molecule has 0 atom stereocenters. The van der Waals surface area contributed by atoms with Crippen LogP contribution in [0, 0.1) is 6.92 Å². The Morgan fingerprint density at radius 2 is 2.12 bits per heavy atom. The zero-order chi connectivity index (χ0) is 16.8. The van der Waals surface area contributed by atoms with E-state index >= 15 is 0 Å². The molecule has 0 bridgehead atoms. The third kappa shape index (κ3) is 2.34. The quantitative estimate of drug-likeness (QED) is 0.776. The summed E-state index contributed by atoms with van der Waals surface area (Å²) < 4.78 is 1.76. The molecule has 3 aromatic rings. The first kappa shape index (κ1) is 15.1. The largest absolute Gasteiger partial charge is 0.368 e. The van der Waals surface area contributed by atoms with Crippen LogP contribution in [0.25, 0.3) is 20.4 Å². The van der Waals surface area contributed by atoms with Crippen LogP contribution in [0.2, 0.25) is 0 Å². The molecule has 1 aliphatic heterocycles. The molecule has 2 N–H and O–H groups in total. The van der Waals surface area contributed by atoms with Gasteiger partial charge in [0.1, 0.15) is 21.9 Å². The SMILES string of the molecule is Cc1cc(N2CCCC2)nc2sc3c(=O)n(CC(N)=O)cnc3c12. The smallest absolute Gasteiger partial charge is 0.271 e. The molecule has 8 heteroatoms. The van der Waals surface area contributed by atoms with E-state index in [9.17, 15) is 9.59 Å². The van der Waals surface area contributed by atoms with Gasteiger partial charge in [-0.15, -0.1) is 11.3 Å². The van der Waals surface area contributed by atoms with Crippen LogP contribution in [0.1, 0.15) is 18.4 Å². The highest BCUT2D eigenvalue weighted by atomic mass is 32.1. The van der Waals surface area contributed by atoms with Crippen LogP contribution in [0.15, 0.2) is 17.2 Å². The van der Waals surface area contributed by atoms with Gasteiger partial charge in [0, 0.05) is 18.5 Å². The molecule has 1 aliphatic rings. The minimum absolute atomic E-state index is 0.165. The number of amides is 1. The van der Waals surface area contributed by atoms with Crippen molar-refractivity contribution < 1.29 is 4.79 Å². The molecule has 0 spiro atoms. The number of carbonyl (C=O) groups excluding carboxylic acids is 1. The average molecular weight is 343 g/mol. The van der Waals surface area contributed by atoms with Gasteiger partial charge in [0.2, 0.25) is 5.91 Å². The first-order chi connectivity index (χ1) is 11.5. The molecule has 124 valence electrons. The van der Waals surface area contributed by atoms with Gasteiger partial charge in [0.25, 0.3) is 5.56 Å². The normalized spacial score (nSPS) is 14.8. The van der Waals surface area contributed by atoms with E-state index in [4.69, 9.17) is 10.7 Å². The summed E-state index contributed by atoms with van der Waals surface area (Å²) in [7, 11) is 0. The van der Waals surface area contributed by atoms with Crippen molar-refractivity contribution in [2.75, 3.05) is 18.0 Å². The van der Waals surface area contributed by atoms with Crippen molar-refractivity contribution in [3.8, 4) is 0 Å². The lowest BCUT2D eigenvalue weighted by atomic mass is 10.2. The van der Waals surface area contributed by atoms with Gasteiger partial charge in [0.15, 0.2) is 0 Å². The van der Waals surface area contributed by atoms with Gasteiger partial charge in [-0.25, -0.2) is 9.97 Å². The van der Waals surface area contributed by atoms with Crippen LogP contribution in [0.5, 0.6) is 0 Å². The number of aryl methyl sites for hydroxylation is 1. The molecule has 0 radical (unpaired) electrons. The fourth-order valence-electron chi connectivity index (χ4n) is 3.21. The molecule has 1 saturated heterocycles. The number of primary amides is 1. The van der Waals surface area contributed by atoms with E-state index in [0.29, 0.717) is 10.2 Å². The summed E-state index contributed by atoms with van der Waals surface area (Å²) >= 11 is 1.33. The Kier molecular flexibility index (Phi) is 3.49. The number of anilines is 1. The van der Waals surface area contributed by atoms with Gasteiger partial charge >= 0.3 is 0 Å². The van der Waals surface area contributed by atoms with Crippen molar-refractivity contribution in [3.63, 3.8) is 0 Å². The molecule has 0 saturated carbocycles. The highest BCUT2D eigenvalue weighted by Crippen LogP contribution is 2.34. The Bertz CT molecular complexity index is 1020. The monoisotopic (exact) mass is 343 g/mol. The minimum Gasteiger partial charge on any atom is -0.368 e. The molecule has 1 amide bonds. The maximum atomic E-state index is 12.6. The molecule has 0 aliphatic carbocycles. The topological polar surface area (TPSA) is 94.1 Å². The average Bonchev–Trinajstić information content (AvgIpc) is 3.17. The Labute approximate surface area is 141 Å². The number of nitrogens with two attached hydrogens (primary N) is 1. The Hall–Kier alpha value is -2.48. The van der Waals surface area contributed by atoms with E-state index in [0.717, 1.165) is 34.7 Å². The lowest BCUT2D eigenvalue weighted by molar-refractivity contribution is -0.118. The number of fused-ring (bicyclic) bond motifs is 3. The zero-order valence-electron chi connectivity index (χ0n) is 13.3. The number of carbonyl (C=O) groups is 1. The molecule has 0 unspecified atom stereocenters. The summed E-state index contributed by atoms with van der Waals surface area (Å²) in [6.45, 7) is 3.90. The van der Waals surface area contributed by atoms with Crippen LogP contribution >= 0.6 is 11.3 Å². The van der Waals surface area contributed by atoms with Gasteiger partial charge < -0.3 is 10.6 Å². The molecule has 3 aromatic heterocycles. The van der Waals surface area contributed by atoms with Crippen molar-refractivity contribution in [1.82, 2.24) is 14.5 Å². The molecule has 24 heavy (non-hydrogen) atoms. The number of aromatic nitrogens is 3. The van der Waals surface area contributed by atoms with E-state index in [1.54, 1.807) is 0 Å². The van der Waals surface area contributed by atoms with Crippen molar-refractivity contribution in [2.24, 2.45) is 5.73 Å². The van der Waals surface area contributed by atoms with Gasteiger partial charge in [-0.1, -0.05) is 0 Å². The Morgan fingerprint density at radius 3 is 2.83 bits per heavy atom. The van der Waals surface area contributed by atoms with Gasteiger partial charge in [0.05, 0.1) is 11.8 Å². The second kappa shape index (κ2) is 5.55. The molecule has 4 heterocycles. The molecule has 1 fully saturated rings. The summed E-state index contributed by atoms with van der Waals surface area (Å²) in [6, 6.07) is 2.07. The standard InChI is InChI=1S/C16H17N5O2S/c1-9-6-11(20-4-2-3-5-20)19-15-12(9)13-14(24-15)16(23)21(8-18-13)7-10(17)22/h6,8H,2-5,7H2,1H3,(H2,17,22). The molecule has 7 nitrogen and oxygen atoms in total. The summed E-state index contributed by atoms with van der Waals surface area (Å²) in [6.07, 6.45) is 3.75. The highest BCUT2D eigenvalue weighted by Gasteiger charge is 2.19. The first-order valence-corrected chi connectivity index (χ1v) is 8.69. The van der Waals surface area contributed by atoms with Gasteiger partial charge in [-0.3, -0.25) is 14.2 Å². The maximum Gasteiger partial charge on any atom is 0.271 e. The van der Waals surface area contributed by atoms with Gasteiger partial charge in [-0.05, 0) is 31.4 Å². The predicted molar refractivity (Wildman–Crippen MR) is 94.6 cm³/mol. The lowest BCUT2D eigenvalue weighted by Gasteiger charge is -2.16. The lowest BCUT2D eigenvalue weighted by Crippen LogP contribution is -2.27. The third-order valence-electron chi connectivity index (χ3n) is 4.36. The summed E-state index contributed by atoms with van der Waals surface area (Å²) in [5.74, 6) is 0.395. The van der Waals surface area contributed by atoms with Crippen LogP contribution in [-0.2, 0) is 11.3 Å². The fourth-order valence-corrected chi connectivity index (χ4v) is 4.36. The number of rotatable bonds is 3. The minimum atomic E-state index is -0.565. The van der Waals surface area contributed by atoms with Crippen LogP contribution < -0.4 is 16.2 Å². The van der Waals surface area contributed by atoms with E-state index in [2.05, 4.69) is 16.0 Å². The second-order valence-corrected chi connectivity index (χ2v) is 7.09. The second-order valence-electron chi connectivity index (χ2n) is 6.10. The van der Waals surface area contributed by atoms with E-state index in [-0.39, 0.29) is 12.1 Å². The van der Waals surface area contributed by atoms with Crippen LogP contribution in [-0.4, -0.2) is 33.5 Å². The number of hydrogen-bond acceptors (Lipinski definition) is 6. The van der Waals surface area contributed by atoms with Crippen LogP contribution in [0.3, 0.4) is 0 Å². The summed E-state index contributed by atoms with van der Waals surface area (Å²) in [4.78, 5) is 35.9. The Morgan fingerprint density at radius 1 is 1.38 bits per heavy atom. The van der Waals surface area contributed by atoms with Gasteiger partial charge in [-0.2, -0.15) is 0 Å². The van der Waals surface area contributed by atoms with Crippen molar-refractivity contribution >= 4 is 43.5 Å². The molecular weight excluding hydrogens is 326 g/mol. The van der Waals surface area contributed by atoms with Crippen molar-refractivity contribution in [3.05, 3.63) is 28.3 Å². The third-order valence-corrected chi connectivity index (χ3v) is 5.42. The summed E-state index contributed by atoms with van der Waals surface area (Å²) in [5, 5.41) is 0.918. The van der Waals surface area contributed by atoms with E-state index in [1.165, 1.54) is 35.1 Å². The van der Waals surface area contributed by atoms with E-state index in [1.807, 2.05) is 6.92 Å². The zero-order valence-corrected chi connectivity index (χ0v) is 14.1. The van der Waals surface area contributed by atoms with Crippen molar-refractivity contribution in [2.45, 2.75) is 26.3 Å².